The van der Waals surface area contributed by atoms with E-state index in [2.05, 4.69) is 11.9 Å². The highest BCUT2D eigenvalue weighted by atomic mass is 16.5. The van der Waals surface area contributed by atoms with Gasteiger partial charge in [-0.05, 0) is 25.5 Å². The molecular formula is C14H19NO2. The van der Waals surface area contributed by atoms with Gasteiger partial charge in [0.2, 0.25) is 0 Å². The normalized spacial score (nSPS) is 11.8. The second-order valence-electron chi connectivity index (χ2n) is 3.63. The lowest BCUT2D eigenvalue weighted by Gasteiger charge is -2.17. The van der Waals surface area contributed by atoms with Crippen LogP contribution in [0.5, 0.6) is 0 Å². The van der Waals surface area contributed by atoms with E-state index in [9.17, 15) is 4.79 Å². The van der Waals surface area contributed by atoms with E-state index in [1.54, 1.807) is 0 Å². The molecule has 0 aromatic heterocycles. The molecule has 3 heteroatoms. The zero-order valence-electron chi connectivity index (χ0n) is 10.2. The summed E-state index contributed by atoms with van der Waals surface area (Å²) in [6.45, 7) is 6.57. The maximum Gasteiger partial charge on any atom is 0.327 e. The molecule has 17 heavy (non-hydrogen) atoms. The molecule has 1 aromatic carbocycles. The van der Waals surface area contributed by atoms with Crippen molar-refractivity contribution in [3.63, 3.8) is 0 Å². The summed E-state index contributed by atoms with van der Waals surface area (Å²) in [4.78, 5) is 11.8. The van der Waals surface area contributed by atoms with Crippen LogP contribution >= 0.6 is 0 Å². The zero-order valence-corrected chi connectivity index (χ0v) is 10.2. The molecule has 0 heterocycles. The van der Waals surface area contributed by atoms with Crippen LogP contribution in [0.1, 0.15) is 24.9 Å². The van der Waals surface area contributed by atoms with Crippen LogP contribution in [0.25, 0.3) is 0 Å². The van der Waals surface area contributed by atoms with Gasteiger partial charge in [-0.15, -0.1) is 6.58 Å². The van der Waals surface area contributed by atoms with Crippen molar-refractivity contribution >= 4 is 5.97 Å². The van der Waals surface area contributed by atoms with Crippen LogP contribution in [0.3, 0.4) is 0 Å². The summed E-state index contributed by atoms with van der Waals surface area (Å²) in [5.74, 6) is -0.234. The van der Waals surface area contributed by atoms with E-state index in [0.717, 1.165) is 12.0 Å². The number of benzene rings is 1. The van der Waals surface area contributed by atoms with Crippen LogP contribution in [0.4, 0.5) is 0 Å². The first-order chi connectivity index (χ1) is 8.29. The van der Waals surface area contributed by atoms with Crippen molar-refractivity contribution in [2.75, 3.05) is 13.2 Å². The van der Waals surface area contributed by atoms with Crippen LogP contribution in [0.15, 0.2) is 43.0 Å². The summed E-state index contributed by atoms with van der Waals surface area (Å²) >= 11 is 0. The maximum absolute atomic E-state index is 11.8. The van der Waals surface area contributed by atoms with Crippen LogP contribution in [0, 0.1) is 0 Å². The SMILES string of the molecule is C=CCCNC(C(=O)OCC)c1ccccc1. The predicted molar refractivity (Wildman–Crippen MR) is 68.6 cm³/mol. The van der Waals surface area contributed by atoms with E-state index in [1.165, 1.54) is 0 Å². The Morgan fingerprint density at radius 3 is 2.76 bits per heavy atom. The lowest BCUT2D eigenvalue weighted by Crippen LogP contribution is -2.30. The first kappa shape index (κ1) is 13.5. The summed E-state index contributed by atoms with van der Waals surface area (Å²) < 4.78 is 5.06. The molecule has 1 rings (SSSR count). The quantitative estimate of drug-likeness (QED) is 0.446. The highest BCUT2D eigenvalue weighted by Crippen LogP contribution is 2.14. The molecule has 3 nitrogen and oxygen atoms in total. The maximum atomic E-state index is 11.8. The van der Waals surface area contributed by atoms with Crippen molar-refractivity contribution in [1.82, 2.24) is 5.32 Å². The van der Waals surface area contributed by atoms with Gasteiger partial charge >= 0.3 is 5.97 Å². The van der Waals surface area contributed by atoms with Gasteiger partial charge in [-0.25, -0.2) is 4.79 Å². The van der Waals surface area contributed by atoms with Gasteiger partial charge in [0.25, 0.3) is 0 Å². The van der Waals surface area contributed by atoms with Crippen LogP contribution in [0.2, 0.25) is 0 Å². The number of carbonyl (C=O) groups is 1. The van der Waals surface area contributed by atoms with E-state index in [-0.39, 0.29) is 5.97 Å². The minimum absolute atomic E-state index is 0.234. The lowest BCUT2D eigenvalue weighted by molar-refractivity contribution is -0.145. The number of hydrogen-bond donors (Lipinski definition) is 1. The fraction of sp³-hybridized carbons (Fsp3) is 0.357. The first-order valence-corrected chi connectivity index (χ1v) is 5.85. The van der Waals surface area contributed by atoms with E-state index < -0.39 is 6.04 Å². The molecule has 0 radical (unpaired) electrons. The molecule has 0 aliphatic carbocycles. The van der Waals surface area contributed by atoms with Crippen LogP contribution in [-0.4, -0.2) is 19.1 Å². The Morgan fingerprint density at radius 1 is 1.47 bits per heavy atom. The van der Waals surface area contributed by atoms with E-state index in [1.807, 2.05) is 43.3 Å². The average Bonchev–Trinajstić information content (AvgIpc) is 2.36. The van der Waals surface area contributed by atoms with Crippen LogP contribution in [-0.2, 0) is 9.53 Å². The van der Waals surface area contributed by atoms with Crippen molar-refractivity contribution in [2.45, 2.75) is 19.4 Å². The Bertz CT molecular complexity index is 348. The second kappa shape index (κ2) is 7.63. The van der Waals surface area contributed by atoms with Crippen molar-refractivity contribution in [3.8, 4) is 0 Å². The zero-order chi connectivity index (χ0) is 12.5. The highest BCUT2D eigenvalue weighted by molar-refractivity contribution is 5.77. The van der Waals surface area contributed by atoms with E-state index in [0.29, 0.717) is 13.2 Å². The molecule has 1 unspecified atom stereocenters. The van der Waals surface area contributed by atoms with E-state index >= 15 is 0 Å². The third-order valence-corrected chi connectivity index (χ3v) is 2.35. The van der Waals surface area contributed by atoms with Crippen molar-refractivity contribution in [2.24, 2.45) is 0 Å². The summed E-state index contributed by atoms with van der Waals surface area (Å²) in [5, 5.41) is 3.18. The Hall–Kier alpha value is -1.61. The minimum Gasteiger partial charge on any atom is -0.465 e. The molecule has 0 bridgehead atoms. The van der Waals surface area contributed by atoms with Gasteiger partial charge in [-0.1, -0.05) is 36.4 Å². The molecule has 0 aliphatic heterocycles. The van der Waals surface area contributed by atoms with Crippen molar-refractivity contribution in [3.05, 3.63) is 48.6 Å². The number of nitrogens with one attached hydrogen (secondary N) is 1. The molecule has 0 saturated carbocycles. The predicted octanol–water partition coefficient (Wildman–Crippen LogP) is 2.46. The number of carbonyl (C=O) groups excluding carboxylic acids is 1. The van der Waals surface area contributed by atoms with Gasteiger partial charge in [0.05, 0.1) is 6.61 Å². The highest BCUT2D eigenvalue weighted by Gasteiger charge is 2.20. The summed E-state index contributed by atoms with van der Waals surface area (Å²) in [6.07, 6.45) is 2.64. The van der Waals surface area contributed by atoms with Crippen molar-refractivity contribution < 1.29 is 9.53 Å². The molecule has 0 fully saturated rings. The topological polar surface area (TPSA) is 38.3 Å². The van der Waals surface area contributed by atoms with Gasteiger partial charge in [0, 0.05) is 0 Å². The fourth-order valence-corrected chi connectivity index (χ4v) is 1.54. The van der Waals surface area contributed by atoms with Gasteiger partial charge in [0.15, 0.2) is 0 Å². The van der Waals surface area contributed by atoms with Crippen LogP contribution < -0.4 is 5.32 Å². The summed E-state index contributed by atoms with van der Waals surface area (Å²) in [6, 6.07) is 9.20. The number of hydrogen-bond acceptors (Lipinski definition) is 3. The monoisotopic (exact) mass is 233 g/mol. The Morgan fingerprint density at radius 2 is 2.18 bits per heavy atom. The molecule has 0 saturated heterocycles. The van der Waals surface area contributed by atoms with Crippen molar-refractivity contribution in [1.29, 1.82) is 0 Å². The molecule has 0 aliphatic rings. The molecule has 92 valence electrons. The molecule has 1 aromatic rings. The lowest BCUT2D eigenvalue weighted by atomic mass is 10.1. The second-order valence-corrected chi connectivity index (χ2v) is 3.63. The number of ether oxygens (including phenoxy) is 1. The van der Waals surface area contributed by atoms with Gasteiger partial charge in [0.1, 0.15) is 6.04 Å². The minimum atomic E-state index is -0.393. The number of esters is 1. The van der Waals surface area contributed by atoms with Gasteiger partial charge in [-0.2, -0.15) is 0 Å². The number of rotatable bonds is 7. The Kier molecular flexibility index (Phi) is 6.04. The third-order valence-electron chi connectivity index (χ3n) is 2.35. The summed E-state index contributed by atoms with van der Waals surface area (Å²) in [5.41, 5.74) is 0.926. The largest absolute Gasteiger partial charge is 0.465 e. The van der Waals surface area contributed by atoms with Gasteiger partial charge in [-0.3, -0.25) is 0 Å². The third kappa shape index (κ3) is 4.41. The Labute approximate surface area is 102 Å². The standard InChI is InChI=1S/C14H19NO2/c1-3-5-11-15-13(14(16)17-4-2)12-9-7-6-8-10-12/h3,6-10,13,15H,1,4-5,11H2,2H3. The average molecular weight is 233 g/mol. The Balaban J connectivity index is 2.71. The molecule has 0 spiro atoms. The first-order valence-electron chi connectivity index (χ1n) is 5.85. The molecular weight excluding hydrogens is 214 g/mol. The molecule has 1 atom stereocenters. The fourth-order valence-electron chi connectivity index (χ4n) is 1.54. The smallest absolute Gasteiger partial charge is 0.327 e. The summed E-state index contributed by atoms with van der Waals surface area (Å²) in [7, 11) is 0. The molecule has 0 amide bonds. The molecule has 1 N–H and O–H groups in total. The van der Waals surface area contributed by atoms with E-state index in [4.69, 9.17) is 4.74 Å². The van der Waals surface area contributed by atoms with Gasteiger partial charge < -0.3 is 10.1 Å².